The Kier molecular flexibility index (Phi) is 4.14. The van der Waals surface area contributed by atoms with Crippen LogP contribution in [0.4, 0.5) is 9.93 Å². The minimum atomic E-state index is -0.537. The van der Waals surface area contributed by atoms with Gasteiger partial charge in [-0.25, -0.2) is 9.78 Å². The second-order valence-electron chi connectivity index (χ2n) is 5.17. The first-order valence-corrected chi connectivity index (χ1v) is 7.51. The van der Waals surface area contributed by atoms with Crippen LogP contribution in [-0.4, -0.2) is 26.5 Å². The van der Waals surface area contributed by atoms with Gasteiger partial charge in [-0.2, -0.15) is 5.10 Å². The van der Waals surface area contributed by atoms with Crippen LogP contribution in [0.5, 0.6) is 0 Å². The Morgan fingerprint density at radius 1 is 1.50 bits per heavy atom. The van der Waals surface area contributed by atoms with Crippen molar-refractivity contribution >= 4 is 38.5 Å². The second-order valence-corrected chi connectivity index (χ2v) is 7.49. The maximum absolute atomic E-state index is 11.7. The van der Waals surface area contributed by atoms with E-state index in [0.29, 0.717) is 5.13 Å². The zero-order valence-corrected chi connectivity index (χ0v) is 14.0. The molecule has 2 rings (SSSR count). The van der Waals surface area contributed by atoms with E-state index in [4.69, 9.17) is 4.74 Å². The summed E-state index contributed by atoms with van der Waals surface area (Å²) in [4.78, 5) is 16.1. The first kappa shape index (κ1) is 15.0. The predicted molar refractivity (Wildman–Crippen MR) is 81.9 cm³/mol. The number of carbonyl (C=O) groups is 1. The molecule has 0 bridgehead atoms. The molecule has 0 fully saturated rings. The fraction of sp³-hybridized carbons (Fsp3) is 0.417. The highest BCUT2D eigenvalue weighted by Gasteiger charge is 2.19. The van der Waals surface area contributed by atoms with Gasteiger partial charge in [0.05, 0.1) is 9.98 Å². The van der Waals surface area contributed by atoms with E-state index in [1.807, 2.05) is 34.0 Å². The van der Waals surface area contributed by atoms with Gasteiger partial charge in [0.2, 0.25) is 0 Å². The van der Waals surface area contributed by atoms with Crippen LogP contribution in [0.25, 0.3) is 11.3 Å². The number of halogens is 1. The number of hydrogen-bond acceptors (Lipinski definition) is 5. The lowest BCUT2D eigenvalue weighted by atomic mass is 10.2. The van der Waals surface area contributed by atoms with Gasteiger partial charge in [0.25, 0.3) is 0 Å². The fourth-order valence-corrected chi connectivity index (χ4v) is 2.95. The minimum Gasteiger partial charge on any atom is -0.444 e. The highest BCUT2D eigenvalue weighted by atomic mass is 79.9. The molecule has 108 valence electrons. The Balaban J connectivity index is 2.14. The van der Waals surface area contributed by atoms with Gasteiger partial charge in [-0.3, -0.25) is 10.00 Å². The van der Waals surface area contributed by atoms with Crippen molar-refractivity contribution in [2.45, 2.75) is 26.4 Å². The number of rotatable bonds is 2. The predicted octanol–water partition coefficient (Wildman–Crippen LogP) is 3.65. The van der Waals surface area contributed by atoms with Crippen LogP contribution in [0.2, 0.25) is 0 Å². The molecule has 0 spiro atoms. The zero-order valence-electron chi connectivity index (χ0n) is 11.6. The Labute approximate surface area is 129 Å². The SMILES string of the molecule is Cn1cc(-c2nc(NC(=O)OC(C)(C)C)sc2Br)cn1. The van der Waals surface area contributed by atoms with Crippen LogP contribution in [-0.2, 0) is 11.8 Å². The van der Waals surface area contributed by atoms with Crippen molar-refractivity contribution in [3.63, 3.8) is 0 Å². The number of anilines is 1. The van der Waals surface area contributed by atoms with E-state index in [9.17, 15) is 4.79 Å². The lowest BCUT2D eigenvalue weighted by Gasteiger charge is -2.18. The maximum atomic E-state index is 11.7. The summed E-state index contributed by atoms with van der Waals surface area (Å²) in [5.41, 5.74) is 1.09. The molecule has 0 saturated carbocycles. The molecule has 1 N–H and O–H groups in total. The first-order chi connectivity index (χ1) is 9.24. The summed E-state index contributed by atoms with van der Waals surface area (Å²) < 4.78 is 7.71. The highest BCUT2D eigenvalue weighted by molar-refractivity contribution is 9.11. The lowest BCUT2D eigenvalue weighted by molar-refractivity contribution is 0.0636. The highest BCUT2D eigenvalue weighted by Crippen LogP contribution is 2.35. The van der Waals surface area contributed by atoms with Crippen LogP contribution in [0, 0.1) is 0 Å². The number of aryl methyl sites for hydroxylation is 1. The average molecular weight is 359 g/mol. The summed E-state index contributed by atoms with van der Waals surface area (Å²) in [6.45, 7) is 5.43. The number of carbonyl (C=O) groups excluding carboxylic acids is 1. The zero-order chi connectivity index (χ0) is 14.9. The van der Waals surface area contributed by atoms with Crippen LogP contribution in [0.1, 0.15) is 20.8 Å². The summed E-state index contributed by atoms with van der Waals surface area (Å²) in [5.74, 6) is 0. The van der Waals surface area contributed by atoms with Crippen molar-refractivity contribution in [1.29, 1.82) is 0 Å². The quantitative estimate of drug-likeness (QED) is 0.889. The van der Waals surface area contributed by atoms with Gasteiger partial charge in [0, 0.05) is 18.8 Å². The molecule has 2 heterocycles. The van der Waals surface area contributed by atoms with Crippen LogP contribution in [0.15, 0.2) is 16.2 Å². The Morgan fingerprint density at radius 2 is 2.20 bits per heavy atom. The molecule has 2 aromatic rings. The molecule has 0 atom stereocenters. The third-order valence-electron chi connectivity index (χ3n) is 2.17. The number of thiazole rings is 1. The third kappa shape index (κ3) is 3.80. The first-order valence-electron chi connectivity index (χ1n) is 5.90. The maximum Gasteiger partial charge on any atom is 0.413 e. The van der Waals surface area contributed by atoms with E-state index in [1.165, 1.54) is 11.3 Å². The van der Waals surface area contributed by atoms with E-state index < -0.39 is 11.7 Å². The smallest absolute Gasteiger partial charge is 0.413 e. The van der Waals surface area contributed by atoms with Gasteiger partial charge in [0.1, 0.15) is 11.3 Å². The number of ether oxygens (including phenoxy) is 1. The van der Waals surface area contributed by atoms with E-state index in [0.717, 1.165) is 15.0 Å². The second kappa shape index (κ2) is 5.53. The molecule has 6 nitrogen and oxygen atoms in total. The summed E-state index contributed by atoms with van der Waals surface area (Å²) in [7, 11) is 1.84. The molecule has 0 aromatic carbocycles. The van der Waals surface area contributed by atoms with E-state index in [1.54, 1.807) is 10.9 Å². The number of nitrogens with one attached hydrogen (secondary N) is 1. The average Bonchev–Trinajstić information content (AvgIpc) is 2.82. The molecule has 0 aliphatic rings. The van der Waals surface area contributed by atoms with Gasteiger partial charge in [-0.05, 0) is 36.7 Å². The van der Waals surface area contributed by atoms with Crippen molar-refractivity contribution in [2.75, 3.05) is 5.32 Å². The largest absolute Gasteiger partial charge is 0.444 e. The molecule has 20 heavy (non-hydrogen) atoms. The Hall–Kier alpha value is -1.41. The molecule has 0 aliphatic heterocycles. The van der Waals surface area contributed by atoms with Gasteiger partial charge < -0.3 is 4.74 Å². The van der Waals surface area contributed by atoms with Crippen molar-refractivity contribution in [2.24, 2.45) is 7.05 Å². The number of amides is 1. The van der Waals surface area contributed by atoms with Crippen molar-refractivity contribution < 1.29 is 9.53 Å². The van der Waals surface area contributed by atoms with E-state index >= 15 is 0 Å². The molecule has 0 unspecified atom stereocenters. The number of hydrogen-bond donors (Lipinski definition) is 1. The minimum absolute atomic E-state index is 0.477. The molecule has 0 radical (unpaired) electrons. The van der Waals surface area contributed by atoms with Crippen LogP contribution >= 0.6 is 27.3 Å². The summed E-state index contributed by atoms with van der Waals surface area (Å²) in [6.07, 6.45) is 3.06. The lowest BCUT2D eigenvalue weighted by Crippen LogP contribution is -2.27. The molecule has 0 aliphatic carbocycles. The molecular formula is C12H15BrN4O2S. The monoisotopic (exact) mass is 358 g/mol. The molecular weight excluding hydrogens is 344 g/mol. The molecule has 8 heteroatoms. The summed E-state index contributed by atoms with van der Waals surface area (Å²) in [6, 6.07) is 0. The van der Waals surface area contributed by atoms with Crippen molar-refractivity contribution in [3.05, 3.63) is 16.2 Å². The Morgan fingerprint density at radius 3 is 2.75 bits per heavy atom. The van der Waals surface area contributed by atoms with Crippen molar-refractivity contribution in [1.82, 2.24) is 14.8 Å². The third-order valence-corrected chi connectivity index (χ3v) is 3.79. The fourth-order valence-electron chi connectivity index (χ4n) is 1.47. The standard InChI is InChI=1S/C12H15BrN4O2S/c1-12(2,3)19-11(18)16-10-15-8(9(13)20-10)7-5-14-17(4)6-7/h5-6H,1-4H3,(H,15,16,18). The number of aromatic nitrogens is 3. The summed E-state index contributed by atoms with van der Waals surface area (Å²) in [5, 5.41) is 7.20. The normalized spacial score (nSPS) is 11.4. The number of nitrogens with zero attached hydrogens (tertiary/aromatic N) is 3. The van der Waals surface area contributed by atoms with Crippen LogP contribution in [0.3, 0.4) is 0 Å². The van der Waals surface area contributed by atoms with Crippen LogP contribution < -0.4 is 5.32 Å². The van der Waals surface area contributed by atoms with E-state index in [2.05, 4.69) is 31.3 Å². The van der Waals surface area contributed by atoms with Gasteiger partial charge in [-0.1, -0.05) is 11.3 Å². The van der Waals surface area contributed by atoms with Crippen molar-refractivity contribution in [3.8, 4) is 11.3 Å². The van der Waals surface area contributed by atoms with Gasteiger partial charge >= 0.3 is 6.09 Å². The Bertz CT molecular complexity index is 630. The molecule has 0 saturated heterocycles. The van der Waals surface area contributed by atoms with Gasteiger partial charge in [0.15, 0.2) is 5.13 Å². The topological polar surface area (TPSA) is 69.0 Å². The molecule has 1 amide bonds. The molecule has 2 aromatic heterocycles. The summed E-state index contributed by atoms with van der Waals surface area (Å²) >= 11 is 4.77. The van der Waals surface area contributed by atoms with E-state index in [-0.39, 0.29) is 0 Å². The van der Waals surface area contributed by atoms with Gasteiger partial charge in [-0.15, -0.1) is 0 Å².